The monoisotopic (exact) mass is 264 g/mol. The fraction of sp³-hybridized carbons (Fsp3) is 0.333. The maximum atomic E-state index is 3.88. The third-order valence-corrected chi connectivity index (χ3v) is 5.11. The van der Waals surface area contributed by atoms with E-state index in [0.29, 0.717) is 11.8 Å². The van der Waals surface area contributed by atoms with Crippen LogP contribution < -0.4 is 10.6 Å². The molecule has 2 N–H and O–H groups in total. The van der Waals surface area contributed by atoms with E-state index >= 15 is 0 Å². The van der Waals surface area contributed by atoms with Gasteiger partial charge in [-0.05, 0) is 23.0 Å². The minimum atomic E-state index is 0.160. The first kappa shape index (κ1) is 12.1. The normalized spacial score (nSPS) is 35.4. The molecule has 2 heteroatoms. The third kappa shape index (κ3) is 1.65. The Labute approximate surface area is 120 Å². The molecule has 2 aromatic rings. The standard InChI is InChI=1S/C18H20N2/c1-13-16-12-19-17(14-8-4-2-5-9-14)20-18(13,16)15-10-6-3-7-11-15/h2-11,13,16-17,19-20H,12H2,1H3/t13?,16-,17?,18?/m0/s1. The Morgan fingerprint density at radius 1 is 0.950 bits per heavy atom. The van der Waals surface area contributed by atoms with Gasteiger partial charge in [-0.1, -0.05) is 67.6 Å². The lowest BCUT2D eigenvalue weighted by molar-refractivity contribution is 0.292. The van der Waals surface area contributed by atoms with Gasteiger partial charge in [0.2, 0.25) is 0 Å². The topological polar surface area (TPSA) is 24.1 Å². The van der Waals surface area contributed by atoms with E-state index in [1.165, 1.54) is 11.1 Å². The smallest absolute Gasteiger partial charge is 0.0842 e. The number of nitrogens with one attached hydrogen (secondary N) is 2. The summed E-state index contributed by atoms with van der Waals surface area (Å²) in [6, 6.07) is 21.6. The van der Waals surface area contributed by atoms with Crippen molar-refractivity contribution < 1.29 is 0 Å². The first-order valence-corrected chi connectivity index (χ1v) is 7.44. The summed E-state index contributed by atoms with van der Waals surface area (Å²) in [5, 5.41) is 7.52. The Bertz CT molecular complexity index is 595. The third-order valence-electron chi connectivity index (χ3n) is 5.11. The quantitative estimate of drug-likeness (QED) is 0.871. The highest BCUT2D eigenvalue weighted by atomic mass is 15.3. The Hall–Kier alpha value is -1.64. The van der Waals surface area contributed by atoms with E-state index < -0.39 is 0 Å². The molecule has 1 saturated heterocycles. The Balaban J connectivity index is 1.67. The van der Waals surface area contributed by atoms with E-state index in [9.17, 15) is 0 Å². The molecule has 4 rings (SSSR count). The molecule has 1 aliphatic carbocycles. The molecule has 102 valence electrons. The first-order chi connectivity index (χ1) is 9.82. The molecule has 0 spiro atoms. The second-order valence-corrected chi connectivity index (χ2v) is 6.03. The molecule has 1 heterocycles. The van der Waals surface area contributed by atoms with Crippen molar-refractivity contribution in [2.45, 2.75) is 18.6 Å². The van der Waals surface area contributed by atoms with Crippen LogP contribution in [0.4, 0.5) is 0 Å². The molecule has 20 heavy (non-hydrogen) atoms. The minimum Gasteiger partial charge on any atom is -0.298 e. The van der Waals surface area contributed by atoms with Gasteiger partial charge in [0.15, 0.2) is 0 Å². The largest absolute Gasteiger partial charge is 0.298 e. The highest BCUT2D eigenvalue weighted by molar-refractivity contribution is 5.37. The Morgan fingerprint density at radius 3 is 2.30 bits per heavy atom. The van der Waals surface area contributed by atoms with Crippen molar-refractivity contribution >= 4 is 0 Å². The van der Waals surface area contributed by atoms with Gasteiger partial charge >= 0.3 is 0 Å². The second kappa shape index (κ2) is 4.44. The van der Waals surface area contributed by atoms with E-state index in [4.69, 9.17) is 0 Å². The van der Waals surface area contributed by atoms with Gasteiger partial charge in [0, 0.05) is 6.54 Å². The maximum absolute atomic E-state index is 3.88. The predicted octanol–water partition coefficient (Wildman–Crippen LogP) is 3.04. The highest BCUT2D eigenvalue weighted by Gasteiger charge is 2.64. The summed E-state index contributed by atoms with van der Waals surface area (Å²) in [4.78, 5) is 0. The second-order valence-electron chi connectivity index (χ2n) is 6.03. The summed E-state index contributed by atoms with van der Waals surface area (Å²) in [6.07, 6.45) is 0.248. The molecule has 0 amide bonds. The number of fused-ring (bicyclic) bond motifs is 1. The number of benzene rings is 2. The van der Waals surface area contributed by atoms with Crippen LogP contribution in [0.2, 0.25) is 0 Å². The lowest BCUT2D eigenvalue weighted by atomic mass is 9.97. The van der Waals surface area contributed by atoms with Crippen molar-refractivity contribution in [1.82, 2.24) is 10.6 Å². The van der Waals surface area contributed by atoms with Crippen LogP contribution in [0.3, 0.4) is 0 Å². The Kier molecular flexibility index (Phi) is 2.69. The average molecular weight is 264 g/mol. The van der Waals surface area contributed by atoms with Crippen molar-refractivity contribution in [2.75, 3.05) is 6.54 Å². The van der Waals surface area contributed by atoms with Crippen LogP contribution in [0.1, 0.15) is 24.2 Å². The molecular formula is C18H20N2. The summed E-state index contributed by atoms with van der Waals surface area (Å²) in [7, 11) is 0. The summed E-state index contributed by atoms with van der Waals surface area (Å²) in [5.74, 6) is 1.39. The van der Waals surface area contributed by atoms with Crippen molar-refractivity contribution in [3.05, 3.63) is 71.8 Å². The van der Waals surface area contributed by atoms with Crippen LogP contribution in [0.15, 0.2) is 60.7 Å². The van der Waals surface area contributed by atoms with Crippen molar-refractivity contribution in [2.24, 2.45) is 11.8 Å². The zero-order valence-electron chi connectivity index (χ0n) is 11.7. The SMILES string of the molecule is CC1[C@@H]2CNC(c3ccccc3)NC12c1ccccc1. The molecule has 2 aromatic carbocycles. The van der Waals surface area contributed by atoms with Gasteiger partial charge < -0.3 is 0 Å². The van der Waals surface area contributed by atoms with Gasteiger partial charge in [-0.3, -0.25) is 10.6 Å². The fourth-order valence-electron chi connectivity index (χ4n) is 3.88. The summed E-state index contributed by atoms with van der Waals surface area (Å²) >= 11 is 0. The van der Waals surface area contributed by atoms with E-state index in [-0.39, 0.29) is 11.7 Å². The zero-order chi connectivity index (χ0) is 13.6. The van der Waals surface area contributed by atoms with Crippen LogP contribution in [0.5, 0.6) is 0 Å². The molecular weight excluding hydrogens is 244 g/mol. The molecule has 0 radical (unpaired) electrons. The number of rotatable bonds is 2. The van der Waals surface area contributed by atoms with E-state index in [2.05, 4.69) is 78.2 Å². The predicted molar refractivity (Wildman–Crippen MR) is 81.1 cm³/mol. The van der Waals surface area contributed by atoms with Crippen LogP contribution in [-0.2, 0) is 5.54 Å². The number of hydrogen-bond acceptors (Lipinski definition) is 2. The van der Waals surface area contributed by atoms with Gasteiger partial charge in [0.1, 0.15) is 0 Å². The van der Waals surface area contributed by atoms with Gasteiger partial charge in [-0.25, -0.2) is 0 Å². The lowest BCUT2D eigenvalue weighted by Gasteiger charge is -2.33. The summed E-state index contributed by atoms with van der Waals surface area (Å²) in [6.45, 7) is 3.45. The van der Waals surface area contributed by atoms with Crippen molar-refractivity contribution in [3.63, 3.8) is 0 Å². The molecule has 2 nitrogen and oxygen atoms in total. The molecule has 3 unspecified atom stereocenters. The van der Waals surface area contributed by atoms with E-state index in [1.54, 1.807) is 0 Å². The van der Waals surface area contributed by atoms with Crippen molar-refractivity contribution in [1.29, 1.82) is 0 Å². The van der Waals surface area contributed by atoms with Crippen LogP contribution in [0.25, 0.3) is 0 Å². The molecule has 0 bridgehead atoms. The van der Waals surface area contributed by atoms with Crippen LogP contribution in [0, 0.1) is 11.8 Å². The summed E-state index contributed by atoms with van der Waals surface area (Å²) in [5.41, 5.74) is 2.91. The first-order valence-electron chi connectivity index (χ1n) is 7.44. The van der Waals surface area contributed by atoms with Gasteiger partial charge in [0.05, 0.1) is 11.7 Å². The minimum absolute atomic E-state index is 0.160. The highest BCUT2D eigenvalue weighted by Crippen LogP contribution is 2.59. The lowest BCUT2D eigenvalue weighted by Crippen LogP contribution is -2.48. The van der Waals surface area contributed by atoms with Crippen LogP contribution >= 0.6 is 0 Å². The fourth-order valence-corrected chi connectivity index (χ4v) is 3.88. The maximum Gasteiger partial charge on any atom is 0.0842 e. The average Bonchev–Trinajstić information content (AvgIpc) is 3.15. The van der Waals surface area contributed by atoms with E-state index in [0.717, 1.165) is 6.54 Å². The van der Waals surface area contributed by atoms with Gasteiger partial charge in [-0.15, -0.1) is 0 Å². The van der Waals surface area contributed by atoms with Gasteiger partial charge in [-0.2, -0.15) is 0 Å². The van der Waals surface area contributed by atoms with Crippen LogP contribution in [-0.4, -0.2) is 6.54 Å². The Morgan fingerprint density at radius 2 is 1.60 bits per heavy atom. The molecule has 2 aliphatic rings. The molecule has 2 fully saturated rings. The number of hydrogen-bond donors (Lipinski definition) is 2. The van der Waals surface area contributed by atoms with Gasteiger partial charge in [0.25, 0.3) is 0 Å². The molecule has 4 atom stereocenters. The molecule has 1 aliphatic heterocycles. The van der Waals surface area contributed by atoms with E-state index in [1.807, 2.05) is 0 Å². The summed E-state index contributed by atoms with van der Waals surface area (Å²) < 4.78 is 0. The zero-order valence-corrected chi connectivity index (χ0v) is 11.7. The van der Waals surface area contributed by atoms with Crippen molar-refractivity contribution in [3.8, 4) is 0 Å². The molecule has 1 saturated carbocycles. The molecule has 0 aromatic heterocycles.